The average Bonchev–Trinajstić information content (AvgIpc) is 2.57. The lowest BCUT2D eigenvalue weighted by Gasteiger charge is -2.22. The van der Waals surface area contributed by atoms with Gasteiger partial charge in [0.25, 0.3) is 0 Å². The van der Waals surface area contributed by atoms with Gasteiger partial charge in [0.05, 0.1) is 36.3 Å². The maximum Gasteiger partial charge on any atom is 0.0862 e. The van der Waals surface area contributed by atoms with Crippen LogP contribution in [0.3, 0.4) is 0 Å². The van der Waals surface area contributed by atoms with Gasteiger partial charge in [-0.3, -0.25) is 4.68 Å². The minimum atomic E-state index is -1.59. The molecule has 0 aliphatic rings. The Morgan fingerprint density at radius 1 is 1.56 bits per heavy atom. The molecule has 0 spiro atoms. The minimum Gasteiger partial charge on any atom is -0.399 e. The second kappa shape index (κ2) is 5.44. The summed E-state index contributed by atoms with van der Waals surface area (Å²) in [6.07, 6.45) is 4.52. The molecule has 0 aliphatic heterocycles. The van der Waals surface area contributed by atoms with Crippen molar-refractivity contribution >= 4 is 23.5 Å². The number of hydrogen-bond acceptors (Lipinski definition) is 2. The average molecular weight is 210 g/mol. The molecule has 16 heavy (non-hydrogen) atoms. The van der Waals surface area contributed by atoms with Gasteiger partial charge >= 0.3 is 0 Å². The third-order valence-corrected chi connectivity index (χ3v) is 1.98. The summed E-state index contributed by atoms with van der Waals surface area (Å²) in [4.78, 5) is 0. The molecule has 0 amide bonds. The Morgan fingerprint density at radius 2 is 2.25 bits per heavy atom. The Balaban J connectivity index is 2.25. The first kappa shape index (κ1) is 13.2. The number of hydrogen-bond donors (Lipinski definition) is 0. The van der Waals surface area contributed by atoms with Crippen LogP contribution in [0.15, 0.2) is 24.5 Å². The molecular formula is C10H13B3N2O. The van der Waals surface area contributed by atoms with Crippen LogP contribution in [-0.2, 0) is 11.3 Å². The lowest BCUT2D eigenvalue weighted by Crippen LogP contribution is -2.34. The quantitative estimate of drug-likeness (QED) is 0.497. The van der Waals surface area contributed by atoms with E-state index < -0.39 is 5.30 Å². The van der Waals surface area contributed by atoms with E-state index in [1.165, 1.54) is 0 Å². The van der Waals surface area contributed by atoms with E-state index in [0.717, 1.165) is 24.1 Å². The first-order valence-electron chi connectivity index (χ1n) is 5.03. The van der Waals surface area contributed by atoms with Gasteiger partial charge in [0.15, 0.2) is 0 Å². The van der Waals surface area contributed by atoms with Crippen molar-refractivity contribution in [3.05, 3.63) is 30.1 Å². The molecule has 0 saturated carbocycles. The van der Waals surface area contributed by atoms with E-state index >= 15 is 0 Å². The molecule has 0 aromatic carbocycles. The van der Waals surface area contributed by atoms with E-state index in [0.29, 0.717) is 0 Å². The second-order valence-electron chi connectivity index (χ2n) is 3.92. The van der Waals surface area contributed by atoms with Crippen LogP contribution in [0.5, 0.6) is 0 Å². The highest BCUT2D eigenvalue weighted by molar-refractivity contribution is 6.58. The molecule has 1 aromatic rings. The topological polar surface area (TPSA) is 27.1 Å². The van der Waals surface area contributed by atoms with Crippen molar-refractivity contribution in [2.24, 2.45) is 0 Å². The Labute approximate surface area is 100 Å². The van der Waals surface area contributed by atoms with Gasteiger partial charge in [0.1, 0.15) is 0 Å². The Hall–Kier alpha value is -0.895. The van der Waals surface area contributed by atoms with E-state index in [1.807, 2.05) is 24.0 Å². The normalized spacial score (nSPS) is 11.6. The van der Waals surface area contributed by atoms with E-state index in [9.17, 15) is 0 Å². The third-order valence-electron chi connectivity index (χ3n) is 1.98. The lowest BCUT2D eigenvalue weighted by atomic mass is 9.52. The van der Waals surface area contributed by atoms with Gasteiger partial charge in [-0.1, -0.05) is 12.2 Å². The summed E-state index contributed by atoms with van der Waals surface area (Å²) in [7, 11) is 15.8. The summed E-state index contributed by atoms with van der Waals surface area (Å²) < 4.78 is 6.84. The van der Waals surface area contributed by atoms with Crippen LogP contribution in [0, 0.1) is 6.92 Å². The standard InChI is InChI=1S/C10H13B3N2O/c1-8(7-16-10(11,12)13)3-4-15-6-9(2)5-14-15/h5-6H,1,3-4,7H2,2H3. The molecule has 0 N–H and O–H groups in total. The SMILES string of the molecule is [B]C([B])([B])OCC(=C)CCn1cc(C)cn1. The summed E-state index contributed by atoms with van der Waals surface area (Å²) in [6, 6.07) is 0. The van der Waals surface area contributed by atoms with Crippen LogP contribution in [0.25, 0.3) is 0 Å². The summed E-state index contributed by atoms with van der Waals surface area (Å²) >= 11 is 0. The molecule has 0 fully saturated rings. The van der Waals surface area contributed by atoms with E-state index in [4.69, 9.17) is 28.3 Å². The number of ether oxygens (including phenoxy) is 1. The summed E-state index contributed by atoms with van der Waals surface area (Å²) in [5, 5.41) is 2.57. The Morgan fingerprint density at radius 3 is 2.75 bits per heavy atom. The van der Waals surface area contributed by atoms with Crippen LogP contribution in [0.4, 0.5) is 0 Å². The first-order valence-corrected chi connectivity index (χ1v) is 5.03. The molecule has 1 aromatic heterocycles. The maximum absolute atomic E-state index is 5.27. The van der Waals surface area contributed by atoms with Crippen molar-refractivity contribution in [2.45, 2.75) is 25.2 Å². The first-order chi connectivity index (χ1) is 7.37. The van der Waals surface area contributed by atoms with Gasteiger partial charge in [-0.15, -0.1) is 0 Å². The largest absolute Gasteiger partial charge is 0.399 e. The Kier molecular flexibility index (Phi) is 4.48. The fraction of sp³-hybridized carbons (Fsp3) is 0.500. The maximum atomic E-state index is 5.27. The highest BCUT2D eigenvalue weighted by atomic mass is 16.5. The molecule has 1 rings (SSSR count). The molecule has 0 saturated heterocycles. The van der Waals surface area contributed by atoms with E-state index in [-0.39, 0.29) is 6.61 Å². The zero-order valence-corrected chi connectivity index (χ0v) is 9.52. The molecule has 6 heteroatoms. The lowest BCUT2D eigenvalue weighted by molar-refractivity contribution is 0.148. The highest BCUT2D eigenvalue weighted by Gasteiger charge is 2.09. The molecule has 3 nitrogen and oxygen atoms in total. The van der Waals surface area contributed by atoms with Crippen molar-refractivity contribution in [2.75, 3.05) is 6.61 Å². The minimum absolute atomic E-state index is 0.254. The Bertz CT molecular complexity index is 357. The van der Waals surface area contributed by atoms with Crippen molar-refractivity contribution < 1.29 is 4.74 Å². The fourth-order valence-electron chi connectivity index (χ4n) is 1.16. The smallest absolute Gasteiger partial charge is 0.0862 e. The molecule has 0 unspecified atom stereocenters. The summed E-state index contributed by atoms with van der Waals surface area (Å²) in [5.41, 5.74) is 2.01. The third kappa shape index (κ3) is 5.26. The van der Waals surface area contributed by atoms with Gasteiger partial charge in [0.2, 0.25) is 0 Å². The number of aromatic nitrogens is 2. The molecule has 0 atom stereocenters. The molecule has 0 bridgehead atoms. The summed E-state index contributed by atoms with van der Waals surface area (Å²) in [5.74, 6) is 0. The predicted octanol–water partition coefficient (Wildman–Crippen LogP) is 0.271. The van der Waals surface area contributed by atoms with Crippen molar-refractivity contribution in [3.8, 4) is 0 Å². The van der Waals surface area contributed by atoms with Crippen LogP contribution >= 0.6 is 0 Å². The monoisotopic (exact) mass is 210 g/mol. The predicted molar refractivity (Wildman–Crippen MR) is 66.7 cm³/mol. The number of rotatable bonds is 6. The molecule has 1 heterocycles. The van der Waals surface area contributed by atoms with Gasteiger partial charge in [-0.05, 0) is 24.2 Å². The number of aryl methyl sites for hydroxylation is 2. The van der Waals surface area contributed by atoms with Crippen LogP contribution in [0.1, 0.15) is 12.0 Å². The molecular weight excluding hydrogens is 197 g/mol. The van der Waals surface area contributed by atoms with Crippen molar-refractivity contribution in [1.82, 2.24) is 9.78 Å². The van der Waals surface area contributed by atoms with Crippen LogP contribution < -0.4 is 0 Å². The summed E-state index contributed by atoms with van der Waals surface area (Å²) in [6.45, 7) is 6.85. The van der Waals surface area contributed by atoms with Crippen LogP contribution in [0.2, 0.25) is 0 Å². The molecule has 78 valence electrons. The number of nitrogens with zero attached hydrogens (tertiary/aromatic N) is 2. The van der Waals surface area contributed by atoms with Gasteiger partial charge < -0.3 is 4.74 Å². The van der Waals surface area contributed by atoms with Gasteiger partial charge in [-0.25, -0.2) is 0 Å². The highest BCUT2D eigenvalue weighted by Crippen LogP contribution is 2.05. The molecule has 6 radical (unpaired) electrons. The van der Waals surface area contributed by atoms with Crippen molar-refractivity contribution in [3.63, 3.8) is 0 Å². The molecule has 0 aliphatic carbocycles. The zero-order valence-electron chi connectivity index (χ0n) is 9.52. The van der Waals surface area contributed by atoms with E-state index in [1.54, 1.807) is 0 Å². The zero-order chi connectivity index (χ0) is 12.2. The van der Waals surface area contributed by atoms with Gasteiger partial charge in [0, 0.05) is 12.7 Å². The van der Waals surface area contributed by atoms with Crippen molar-refractivity contribution in [1.29, 1.82) is 0 Å². The van der Waals surface area contributed by atoms with Crippen LogP contribution in [-0.4, -0.2) is 45.2 Å². The van der Waals surface area contributed by atoms with E-state index in [2.05, 4.69) is 11.7 Å². The fourth-order valence-corrected chi connectivity index (χ4v) is 1.16. The van der Waals surface area contributed by atoms with Gasteiger partial charge in [-0.2, -0.15) is 5.10 Å². The second-order valence-corrected chi connectivity index (χ2v) is 3.92.